The summed E-state index contributed by atoms with van der Waals surface area (Å²) in [5, 5.41) is 0.818. The van der Waals surface area contributed by atoms with Crippen LogP contribution >= 0.6 is 11.8 Å². The number of carbonyl (C=O) groups excluding carboxylic acids is 1. The zero-order valence-electron chi connectivity index (χ0n) is 17.2. The molecule has 2 aromatic carbocycles. The van der Waals surface area contributed by atoms with E-state index in [4.69, 9.17) is 4.99 Å². The molecule has 3 nitrogen and oxygen atoms in total. The molecule has 1 heterocycles. The van der Waals surface area contributed by atoms with Gasteiger partial charge in [-0.25, -0.2) is 4.99 Å². The molecule has 0 N–H and O–H groups in total. The molecule has 0 bridgehead atoms. The Hall–Kier alpha value is -2.33. The smallest absolute Gasteiger partial charge is 0.267 e. The van der Waals surface area contributed by atoms with Crippen molar-refractivity contribution in [1.29, 1.82) is 0 Å². The Morgan fingerprint density at radius 3 is 2.34 bits per heavy atom. The van der Waals surface area contributed by atoms with Gasteiger partial charge in [-0.05, 0) is 59.9 Å². The molecule has 29 heavy (non-hydrogen) atoms. The van der Waals surface area contributed by atoms with Crippen LogP contribution in [0, 0.1) is 0 Å². The Balaban J connectivity index is 1.65. The van der Waals surface area contributed by atoms with Crippen molar-refractivity contribution in [3.63, 3.8) is 0 Å². The third-order valence-electron chi connectivity index (χ3n) is 5.66. The lowest BCUT2D eigenvalue weighted by Gasteiger charge is -2.30. The number of para-hydroxylation sites is 1. The lowest BCUT2D eigenvalue weighted by molar-refractivity contribution is -0.124. The maximum atomic E-state index is 13.3. The summed E-state index contributed by atoms with van der Waals surface area (Å²) in [6.07, 6.45) is 7.79. The number of hydrogen-bond donors (Lipinski definition) is 0. The molecule has 1 saturated carbocycles. The highest BCUT2D eigenvalue weighted by molar-refractivity contribution is 8.18. The maximum Gasteiger partial charge on any atom is 0.267 e. The summed E-state index contributed by atoms with van der Waals surface area (Å²) in [5.41, 5.74) is 3.27. The van der Waals surface area contributed by atoms with Crippen LogP contribution in [0.3, 0.4) is 0 Å². The van der Waals surface area contributed by atoms with Crippen molar-refractivity contribution in [2.45, 2.75) is 57.9 Å². The standard InChI is InChI=1S/C25H28N2OS/c1-18(2)20-15-13-19(14-16-20)17-23-24(28)27(22-11-7-4-8-12-22)25(29-23)26-21-9-5-3-6-10-21/h3,5-6,9-10,13-18,22H,4,7-8,11-12H2,1-2H3/b23-17-,26-25?. The number of hydrogen-bond acceptors (Lipinski definition) is 3. The maximum absolute atomic E-state index is 13.3. The number of carbonyl (C=O) groups is 1. The quantitative estimate of drug-likeness (QED) is 0.528. The van der Waals surface area contributed by atoms with Crippen LogP contribution in [0.25, 0.3) is 6.08 Å². The van der Waals surface area contributed by atoms with Gasteiger partial charge in [-0.1, -0.05) is 75.6 Å². The third-order valence-corrected chi connectivity index (χ3v) is 6.64. The summed E-state index contributed by atoms with van der Waals surface area (Å²) in [6, 6.07) is 18.7. The topological polar surface area (TPSA) is 32.7 Å². The first-order valence-corrected chi connectivity index (χ1v) is 11.4. The molecule has 2 aromatic rings. The highest BCUT2D eigenvalue weighted by Crippen LogP contribution is 2.38. The van der Waals surface area contributed by atoms with Gasteiger partial charge < -0.3 is 0 Å². The van der Waals surface area contributed by atoms with Crippen molar-refractivity contribution in [2.24, 2.45) is 4.99 Å². The minimum atomic E-state index is 0.101. The number of amides is 1. The fraction of sp³-hybridized carbons (Fsp3) is 0.360. The van der Waals surface area contributed by atoms with E-state index in [1.807, 2.05) is 41.3 Å². The number of amidine groups is 1. The van der Waals surface area contributed by atoms with Crippen molar-refractivity contribution in [1.82, 2.24) is 4.90 Å². The minimum Gasteiger partial charge on any atom is -0.283 e. The molecule has 0 unspecified atom stereocenters. The van der Waals surface area contributed by atoms with Gasteiger partial charge in [0.05, 0.1) is 10.6 Å². The first-order valence-electron chi connectivity index (χ1n) is 10.6. The summed E-state index contributed by atoms with van der Waals surface area (Å²) in [5.74, 6) is 0.607. The average Bonchev–Trinajstić information content (AvgIpc) is 3.04. The van der Waals surface area contributed by atoms with E-state index in [9.17, 15) is 4.79 Å². The van der Waals surface area contributed by atoms with Gasteiger partial charge in [0.25, 0.3) is 5.91 Å². The van der Waals surface area contributed by atoms with E-state index in [0.717, 1.165) is 34.2 Å². The normalized spacial score (nSPS) is 20.9. The number of aliphatic imine (C=N–C) groups is 1. The van der Waals surface area contributed by atoms with E-state index in [1.165, 1.54) is 36.6 Å². The predicted octanol–water partition coefficient (Wildman–Crippen LogP) is 6.75. The Labute approximate surface area is 177 Å². The predicted molar refractivity (Wildman–Crippen MR) is 123 cm³/mol. The van der Waals surface area contributed by atoms with Crippen LogP contribution in [0.15, 0.2) is 64.5 Å². The van der Waals surface area contributed by atoms with E-state index in [0.29, 0.717) is 5.92 Å². The molecular formula is C25H28N2OS. The number of rotatable bonds is 4. The van der Waals surface area contributed by atoms with Gasteiger partial charge in [0.1, 0.15) is 0 Å². The fourth-order valence-electron chi connectivity index (χ4n) is 3.97. The van der Waals surface area contributed by atoms with Crippen LogP contribution < -0.4 is 0 Å². The first kappa shape index (κ1) is 20.0. The van der Waals surface area contributed by atoms with Gasteiger partial charge in [0.2, 0.25) is 0 Å². The molecule has 1 aliphatic heterocycles. The van der Waals surface area contributed by atoms with Gasteiger partial charge in [-0.15, -0.1) is 0 Å². The molecule has 0 atom stereocenters. The third kappa shape index (κ3) is 4.64. The van der Waals surface area contributed by atoms with Gasteiger partial charge in [0.15, 0.2) is 5.17 Å². The molecular weight excluding hydrogens is 376 g/mol. The van der Waals surface area contributed by atoms with E-state index in [-0.39, 0.29) is 11.9 Å². The fourth-order valence-corrected chi connectivity index (χ4v) is 5.03. The van der Waals surface area contributed by atoms with E-state index < -0.39 is 0 Å². The van der Waals surface area contributed by atoms with Crippen LogP contribution in [-0.2, 0) is 4.79 Å². The van der Waals surface area contributed by atoms with Crippen molar-refractivity contribution < 1.29 is 4.79 Å². The SMILES string of the molecule is CC(C)c1ccc(/C=C2\SC(=Nc3ccccc3)N(C3CCCCC3)C2=O)cc1. The summed E-state index contributed by atoms with van der Waals surface area (Å²) in [7, 11) is 0. The molecule has 0 radical (unpaired) electrons. The number of benzene rings is 2. The highest BCUT2D eigenvalue weighted by atomic mass is 32.2. The van der Waals surface area contributed by atoms with E-state index >= 15 is 0 Å². The monoisotopic (exact) mass is 404 g/mol. The van der Waals surface area contributed by atoms with E-state index in [1.54, 1.807) is 0 Å². The summed E-state index contributed by atoms with van der Waals surface area (Å²) < 4.78 is 0. The van der Waals surface area contributed by atoms with Crippen LogP contribution in [0.4, 0.5) is 5.69 Å². The highest BCUT2D eigenvalue weighted by Gasteiger charge is 2.38. The second-order valence-electron chi connectivity index (χ2n) is 8.13. The number of nitrogens with zero attached hydrogens (tertiary/aromatic N) is 2. The molecule has 0 spiro atoms. The zero-order valence-corrected chi connectivity index (χ0v) is 18.0. The Morgan fingerprint density at radius 1 is 1.00 bits per heavy atom. The molecule has 2 fully saturated rings. The van der Waals surface area contributed by atoms with Crippen molar-refractivity contribution in [3.05, 3.63) is 70.6 Å². The molecule has 2 aliphatic rings. The Morgan fingerprint density at radius 2 is 1.69 bits per heavy atom. The minimum absolute atomic E-state index is 0.101. The van der Waals surface area contributed by atoms with Gasteiger partial charge in [-0.2, -0.15) is 0 Å². The molecule has 0 aromatic heterocycles. The van der Waals surface area contributed by atoms with Gasteiger partial charge in [-0.3, -0.25) is 9.69 Å². The Kier molecular flexibility index (Phi) is 6.19. The average molecular weight is 405 g/mol. The van der Waals surface area contributed by atoms with Crippen molar-refractivity contribution in [2.75, 3.05) is 0 Å². The van der Waals surface area contributed by atoms with Crippen molar-refractivity contribution >= 4 is 34.6 Å². The summed E-state index contributed by atoms with van der Waals surface area (Å²) in [4.78, 5) is 20.9. The lowest BCUT2D eigenvalue weighted by atomic mass is 9.94. The molecule has 1 aliphatic carbocycles. The summed E-state index contributed by atoms with van der Waals surface area (Å²) >= 11 is 1.51. The second-order valence-corrected chi connectivity index (χ2v) is 9.14. The van der Waals surface area contributed by atoms with Crippen LogP contribution in [0.5, 0.6) is 0 Å². The summed E-state index contributed by atoms with van der Waals surface area (Å²) in [6.45, 7) is 4.39. The van der Waals surface area contributed by atoms with Gasteiger partial charge >= 0.3 is 0 Å². The van der Waals surface area contributed by atoms with Crippen LogP contribution in [-0.4, -0.2) is 22.0 Å². The zero-order chi connectivity index (χ0) is 20.2. The van der Waals surface area contributed by atoms with Crippen LogP contribution in [0.2, 0.25) is 0 Å². The van der Waals surface area contributed by atoms with Crippen LogP contribution in [0.1, 0.15) is 63.0 Å². The molecule has 4 heteroatoms. The number of thioether (sulfide) groups is 1. The van der Waals surface area contributed by atoms with Crippen molar-refractivity contribution in [3.8, 4) is 0 Å². The van der Waals surface area contributed by atoms with Gasteiger partial charge in [0, 0.05) is 6.04 Å². The Bertz CT molecular complexity index is 910. The molecule has 1 saturated heterocycles. The van der Waals surface area contributed by atoms with E-state index in [2.05, 4.69) is 38.1 Å². The lowest BCUT2D eigenvalue weighted by Crippen LogP contribution is -2.40. The molecule has 1 amide bonds. The largest absolute Gasteiger partial charge is 0.283 e. The second kappa shape index (κ2) is 9.00. The molecule has 4 rings (SSSR count). The molecule has 150 valence electrons. The first-order chi connectivity index (χ1) is 14.1.